The van der Waals surface area contributed by atoms with Crippen molar-refractivity contribution in [2.75, 3.05) is 5.32 Å². The molecule has 3 aromatic rings. The molecule has 0 radical (unpaired) electrons. The maximum Gasteiger partial charge on any atom is 0.329 e. The highest BCUT2D eigenvalue weighted by molar-refractivity contribution is 7.14. The Balaban J connectivity index is 1.75. The number of fused-ring (bicyclic) bond motifs is 1. The van der Waals surface area contributed by atoms with Crippen LogP contribution in [0.3, 0.4) is 0 Å². The highest BCUT2D eigenvalue weighted by atomic mass is 32.1. The second kappa shape index (κ2) is 7.65. The van der Waals surface area contributed by atoms with Gasteiger partial charge in [-0.3, -0.25) is 18.7 Å². The number of nitrogens with one attached hydrogen (secondary N) is 1. The minimum Gasteiger partial charge on any atom is -0.302 e. The Labute approximate surface area is 154 Å². The zero-order valence-electron chi connectivity index (χ0n) is 14.7. The van der Waals surface area contributed by atoms with Crippen LogP contribution in [0.15, 0.2) is 34.4 Å². The van der Waals surface area contributed by atoms with Gasteiger partial charge in [0, 0.05) is 31.8 Å². The normalized spacial score (nSPS) is 11.0. The monoisotopic (exact) mass is 372 g/mol. The van der Waals surface area contributed by atoms with Crippen molar-refractivity contribution in [1.82, 2.24) is 14.1 Å². The fraction of sp³-hybridized carbons (Fsp3) is 0.333. The molecule has 0 aliphatic carbocycles. The van der Waals surface area contributed by atoms with Crippen LogP contribution in [0, 0.1) is 0 Å². The molecule has 3 rings (SSSR count). The van der Waals surface area contributed by atoms with Gasteiger partial charge in [0.15, 0.2) is 10.9 Å². The van der Waals surface area contributed by atoms with Crippen molar-refractivity contribution in [2.24, 2.45) is 0 Å². The van der Waals surface area contributed by atoms with E-state index in [1.165, 1.54) is 18.3 Å². The van der Waals surface area contributed by atoms with E-state index in [-0.39, 0.29) is 30.3 Å². The van der Waals surface area contributed by atoms with Crippen molar-refractivity contribution in [3.05, 3.63) is 45.8 Å². The lowest BCUT2D eigenvalue weighted by Gasteiger charge is -2.03. The van der Waals surface area contributed by atoms with Gasteiger partial charge in [-0.05, 0) is 18.6 Å². The van der Waals surface area contributed by atoms with E-state index < -0.39 is 0 Å². The smallest absolute Gasteiger partial charge is 0.302 e. The maximum absolute atomic E-state index is 12.7. The zero-order valence-corrected chi connectivity index (χ0v) is 15.5. The number of anilines is 1. The van der Waals surface area contributed by atoms with Gasteiger partial charge in [-0.1, -0.05) is 19.1 Å². The molecule has 0 unspecified atom stereocenters. The van der Waals surface area contributed by atoms with Crippen LogP contribution < -0.4 is 11.0 Å². The second-order valence-corrected chi connectivity index (χ2v) is 6.82. The van der Waals surface area contributed by atoms with Crippen LogP contribution in [0.2, 0.25) is 0 Å². The third kappa shape index (κ3) is 3.60. The molecule has 2 aromatic heterocycles. The number of nitrogens with zero attached hydrogens (tertiary/aromatic N) is 3. The average Bonchev–Trinajstić information content (AvgIpc) is 3.18. The van der Waals surface area contributed by atoms with Crippen LogP contribution in [0.4, 0.5) is 5.13 Å². The van der Waals surface area contributed by atoms with Gasteiger partial charge in [-0.15, -0.1) is 11.3 Å². The van der Waals surface area contributed by atoms with Gasteiger partial charge in [-0.25, -0.2) is 9.78 Å². The highest BCUT2D eigenvalue weighted by Gasteiger charge is 2.14. The standard InChI is InChI=1S/C18H20N4O3S/c1-3-9-21-14-6-4-5-7-15(14)22(18(21)25)10-8-16(24)20-17-19-13(11-26-17)12(2)23/h4-7,11H,3,8-10H2,1-2H3,(H,19,20,24). The topological polar surface area (TPSA) is 86.0 Å². The minimum atomic E-state index is -0.242. The van der Waals surface area contributed by atoms with Crippen LogP contribution in [0.25, 0.3) is 11.0 Å². The summed E-state index contributed by atoms with van der Waals surface area (Å²) in [5, 5.41) is 4.68. The fourth-order valence-electron chi connectivity index (χ4n) is 2.82. The number of benzene rings is 1. The Morgan fingerprint density at radius 1 is 1.15 bits per heavy atom. The number of carbonyl (C=O) groups excluding carboxylic acids is 2. The van der Waals surface area contributed by atoms with E-state index in [2.05, 4.69) is 10.3 Å². The Bertz CT molecular complexity index is 1020. The van der Waals surface area contributed by atoms with E-state index in [4.69, 9.17) is 0 Å². The van der Waals surface area contributed by atoms with Crippen molar-refractivity contribution in [1.29, 1.82) is 0 Å². The molecule has 136 valence electrons. The molecule has 0 aliphatic heterocycles. The summed E-state index contributed by atoms with van der Waals surface area (Å²) in [5.41, 5.74) is 1.94. The first-order valence-corrected chi connectivity index (χ1v) is 9.33. The van der Waals surface area contributed by atoms with Crippen molar-refractivity contribution in [3.63, 3.8) is 0 Å². The third-order valence-electron chi connectivity index (χ3n) is 4.05. The first-order chi connectivity index (χ1) is 12.5. The summed E-state index contributed by atoms with van der Waals surface area (Å²) in [6, 6.07) is 7.59. The van der Waals surface area contributed by atoms with Gasteiger partial charge in [0.1, 0.15) is 5.69 Å². The van der Waals surface area contributed by atoms with Crippen molar-refractivity contribution in [2.45, 2.75) is 39.8 Å². The van der Waals surface area contributed by atoms with Crippen LogP contribution in [-0.2, 0) is 17.9 Å². The van der Waals surface area contributed by atoms with Crippen molar-refractivity contribution < 1.29 is 9.59 Å². The molecule has 2 heterocycles. The van der Waals surface area contributed by atoms with E-state index in [9.17, 15) is 14.4 Å². The SMILES string of the molecule is CCCn1c(=O)n(CCC(=O)Nc2nc(C(C)=O)cs2)c2ccccc21. The van der Waals surface area contributed by atoms with Crippen molar-refractivity contribution >= 4 is 39.2 Å². The van der Waals surface area contributed by atoms with E-state index in [1.807, 2.05) is 31.2 Å². The summed E-state index contributed by atoms with van der Waals surface area (Å²) >= 11 is 1.21. The summed E-state index contributed by atoms with van der Waals surface area (Å²) < 4.78 is 3.38. The van der Waals surface area contributed by atoms with Crippen LogP contribution in [-0.4, -0.2) is 25.8 Å². The minimum absolute atomic E-state index is 0.103. The highest BCUT2D eigenvalue weighted by Crippen LogP contribution is 2.17. The Morgan fingerprint density at radius 3 is 2.38 bits per heavy atom. The number of ketones is 1. The Kier molecular flexibility index (Phi) is 5.32. The number of aryl methyl sites for hydroxylation is 2. The number of carbonyl (C=O) groups is 2. The van der Waals surface area contributed by atoms with Gasteiger partial charge >= 0.3 is 5.69 Å². The molecular formula is C18H20N4O3S. The van der Waals surface area contributed by atoms with Gasteiger partial charge < -0.3 is 5.32 Å². The lowest BCUT2D eigenvalue weighted by molar-refractivity contribution is -0.116. The summed E-state index contributed by atoms with van der Waals surface area (Å²) in [7, 11) is 0. The molecule has 0 spiro atoms. The third-order valence-corrected chi connectivity index (χ3v) is 4.80. The molecular weight excluding hydrogens is 352 g/mol. The second-order valence-electron chi connectivity index (χ2n) is 5.97. The van der Waals surface area contributed by atoms with Crippen LogP contribution in [0.1, 0.15) is 37.2 Å². The Hall–Kier alpha value is -2.74. The molecule has 0 aliphatic rings. The molecule has 0 fully saturated rings. The summed E-state index contributed by atoms with van der Waals surface area (Å²) in [6.45, 7) is 4.38. The predicted molar refractivity (Wildman–Crippen MR) is 102 cm³/mol. The number of hydrogen-bond donors (Lipinski definition) is 1. The average molecular weight is 372 g/mol. The van der Waals surface area contributed by atoms with E-state index in [0.717, 1.165) is 17.5 Å². The fourth-order valence-corrected chi connectivity index (χ4v) is 3.58. The van der Waals surface area contributed by atoms with Gasteiger partial charge in [-0.2, -0.15) is 0 Å². The molecule has 0 saturated heterocycles. The quantitative estimate of drug-likeness (QED) is 0.646. The molecule has 1 N–H and O–H groups in total. The zero-order chi connectivity index (χ0) is 18.7. The lowest BCUT2D eigenvalue weighted by atomic mass is 10.3. The number of thiazole rings is 1. The summed E-state index contributed by atoms with van der Waals surface area (Å²) in [5.74, 6) is -0.384. The summed E-state index contributed by atoms with van der Waals surface area (Å²) in [4.78, 5) is 40.2. The molecule has 0 saturated carbocycles. The molecule has 8 heteroatoms. The molecule has 1 aromatic carbocycles. The number of imidazole rings is 1. The molecule has 7 nitrogen and oxygen atoms in total. The van der Waals surface area contributed by atoms with Crippen LogP contribution in [0.5, 0.6) is 0 Å². The van der Waals surface area contributed by atoms with Gasteiger partial charge in [0.25, 0.3) is 0 Å². The molecule has 26 heavy (non-hydrogen) atoms. The lowest BCUT2D eigenvalue weighted by Crippen LogP contribution is -2.26. The number of para-hydroxylation sites is 2. The van der Waals surface area contributed by atoms with Crippen molar-refractivity contribution in [3.8, 4) is 0 Å². The largest absolute Gasteiger partial charge is 0.329 e. The predicted octanol–water partition coefficient (Wildman–Crippen LogP) is 2.90. The molecule has 1 amide bonds. The van der Waals surface area contributed by atoms with Gasteiger partial charge in [0.05, 0.1) is 11.0 Å². The van der Waals surface area contributed by atoms with E-state index in [1.54, 1.807) is 14.5 Å². The summed E-state index contributed by atoms with van der Waals surface area (Å²) in [6.07, 6.45) is 1.01. The number of hydrogen-bond acceptors (Lipinski definition) is 5. The van der Waals surface area contributed by atoms with Gasteiger partial charge in [0.2, 0.25) is 5.91 Å². The number of aromatic nitrogens is 3. The molecule has 0 bridgehead atoms. The number of Topliss-reactive ketones (excluding diaryl/α,β-unsaturated/α-hetero) is 1. The first kappa shape index (κ1) is 18.1. The van der Waals surface area contributed by atoms with E-state index in [0.29, 0.717) is 17.4 Å². The Morgan fingerprint density at radius 2 is 1.81 bits per heavy atom. The molecule has 0 atom stereocenters. The number of rotatable bonds is 7. The van der Waals surface area contributed by atoms with E-state index >= 15 is 0 Å². The maximum atomic E-state index is 12.7. The first-order valence-electron chi connectivity index (χ1n) is 8.45. The van der Waals surface area contributed by atoms with Crippen LogP contribution >= 0.6 is 11.3 Å². The number of amides is 1.